The van der Waals surface area contributed by atoms with Crippen molar-refractivity contribution in [1.82, 2.24) is 0 Å². The number of ether oxygens (including phenoxy) is 1. The molecular formula is C14H16FNO5. The average Bonchev–Trinajstić information content (AvgIpc) is 2.42. The van der Waals surface area contributed by atoms with Gasteiger partial charge >= 0.3 is 11.7 Å². The van der Waals surface area contributed by atoms with E-state index in [1.165, 1.54) is 0 Å². The van der Waals surface area contributed by atoms with Crippen LogP contribution in [-0.4, -0.2) is 22.1 Å². The fraction of sp³-hybridized carbons (Fsp3) is 0.500. The third kappa shape index (κ3) is 3.48. The summed E-state index contributed by atoms with van der Waals surface area (Å²) in [7, 11) is 0. The Labute approximate surface area is 120 Å². The van der Waals surface area contributed by atoms with Gasteiger partial charge in [0.15, 0.2) is 5.75 Å². The van der Waals surface area contributed by atoms with Crippen molar-refractivity contribution < 1.29 is 24.0 Å². The monoisotopic (exact) mass is 297 g/mol. The van der Waals surface area contributed by atoms with Crippen LogP contribution in [0.1, 0.15) is 43.0 Å². The number of nitrogens with zero attached hydrogens (tertiary/aromatic N) is 1. The first kappa shape index (κ1) is 15.2. The molecule has 1 aliphatic carbocycles. The normalized spacial score (nSPS) is 21.8. The summed E-state index contributed by atoms with van der Waals surface area (Å²) in [5.74, 6) is -2.22. The molecule has 0 unspecified atom stereocenters. The Bertz CT molecular complexity index is 567. The van der Waals surface area contributed by atoms with E-state index in [2.05, 4.69) is 6.92 Å². The molecule has 114 valence electrons. The number of benzene rings is 1. The van der Waals surface area contributed by atoms with Crippen molar-refractivity contribution in [2.24, 2.45) is 5.92 Å². The number of carboxylic acid groups (broad SMARTS) is 1. The van der Waals surface area contributed by atoms with Gasteiger partial charge in [0.05, 0.1) is 22.7 Å². The van der Waals surface area contributed by atoms with Crippen LogP contribution in [0.4, 0.5) is 10.1 Å². The topological polar surface area (TPSA) is 89.7 Å². The van der Waals surface area contributed by atoms with E-state index in [1.54, 1.807) is 0 Å². The second-order valence-corrected chi connectivity index (χ2v) is 5.36. The molecule has 6 nitrogen and oxygen atoms in total. The minimum Gasteiger partial charge on any atom is -0.483 e. The Morgan fingerprint density at radius 3 is 2.52 bits per heavy atom. The van der Waals surface area contributed by atoms with E-state index < -0.39 is 28.0 Å². The smallest absolute Gasteiger partial charge is 0.338 e. The molecule has 0 bridgehead atoms. The summed E-state index contributed by atoms with van der Waals surface area (Å²) in [6.45, 7) is 2.12. The molecule has 0 amide bonds. The van der Waals surface area contributed by atoms with Crippen molar-refractivity contribution >= 4 is 11.7 Å². The molecule has 0 radical (unpaired) electrons. The largest absolute Gasteiger partial charge is 0.483 e. The van der Waals surface area contributed by atoms with Gasteiger partial charge in [0.2, 0.25) is 0 Å². The van der Waals surface area contributed by atoms with Crippen LogP contribution in [0.15, 0.2) is 12.1 Å². The maximum atomic E-state index is 13.5. The molecule has 21 heavy (non-hydrogen) atoms. The van der Waals surface area contributed by atoms with Crippen molar-refractivity contribution in [2.75, 3.05) is 0 Å². The molecule has 1 aliphatic rings. The number of carbonyl (C=O) groups is 1. The second kappa shape index (κ2) is 6.07. The van der Waals surface area contributed by atoms with Gasteiger partial charge in [-0.25, -0.2) is 9.18 Å². The quantitative estimate of drug-likeness (QED) is 0.679. The number of carboxylic acids is 1. The minimum atomic E-state index is -1.48. The summed E-state index contributed by atoms with van der Waals surface area (Å²) in [5, 5.41) is 19.9. The van der Waals surface area contributed by atoms with Crippen LogP contribution in [-0.2, 0) is 0 Å². The Morgan fingerprint density at radius 2 is 2.00 bits per heavy atom. The van der Waals surface area contributed by atoms with E-state index in [-0.39, 0.29) is 11.9 Å². The Kier molecular flexibility index (Phi) is 4.40. The highest BCUT2D eigenvalue weighted by molar-refractivity contribution is 5.89. The van der Waals surface area contributed by atoms with E-state index in [9.17, 15) is 19.3 Å². The number of hydrogen-bond donors (Lipinski definition) is 1. The first-order valence-corrected chi connectivity index (χ1v) is 6.76. The van der Waals surface area contributed by atoms with Gasteiger partial charge in [-0.05, 0) is 31.6 Å². The van der Waals surface area contributed by atoms with Crippen LogP contribution >= 0.6 is 0 Å². The predicted octanol–water partition coefficient (Wildman–Crippen LogP) is 3.39. The maximum Gasteiger partial charge on any atom is 0.338 e. The lowest BCUT2D eigenvalue weighted by Crippen LogP contribution is -2.23. The van der Waals surface area contributed by atoms with Crippen molar-refractivity contribution in [3.8, 4) is 5.75 Å². The minimum absolute atomic E-state index is 0.182. The molecular weight excluding hydrogens is 281 g/mol. The summed E-state index contributed by atoms with van der Waals surface area (Å²) < 4.78 is 19.1. The van der Waals surface area contributed by atoms with E-state index in [0.717, 1.165) is 31.7 Å². The van der Waals surface area contributed by atoms with Gasteiger partial charge in [-0.2, -0.15) is 0 Å². The first-order valence-electron chi connectivity index (χ1n) is 6.76. The van der Waals surface area contributed by atoms with Crippen LogP contribution in [0.3, 0.4) is 0 Å². The molecule has 1 aromatic carbocycles. The number of nitro benzene ring substituents is 1. The van der Waals surface area contributed by atoms with Crippen LogP contribution in [0, 0.1) is 21.8 Å². The van der Waals surface area contributed by atoms with Gasteiger partial charge in [0.1, 0.15) is 5.82 Å². The fourth-order valence-electron chi connectivity index (χ4n) is 2.47. The van der Waals surface area contributed by atoms with Gasteiger partial charge in [0.25, 0.3) is 0 Å². The highest BCUT2D eigenvalue weighted by Crippen LogP contribution is 2.34. The molecule has 0 spiro atoms. The zero-order valence-corrected chi connectivity index (χ0v) is 11.5. The third-order valence-electron chi connectivity index (χ3n) is 3.73. The second-order valence-electron chi connectivity index (χ2n) is 5.36. The Hall–Kier alpha value is -2.18. The van der Waals surface area contributed by atoms with E-state index >= 15 is 0 Å². The molecule has 1 aromatic rings. The van der Waals surface area contributed by atoms with Crippen LogP contribution in [0.25, 0.3) is 0 Å². The highest BCUT2D eigenvalue weighted by Gasteiger charge is 2.26. The molecule has 1 N–H and O–H groups in total. The van der Waals surface area contributed by atoms with E-state index in [4.69, 9.17) is 9.84 Å². The maximum absolute atomic E-state index is 13.5. The highest BCUT2D eigenvalue weighted by atomic mass is 19.1. The molecule has 1 saturated carbocycles. The summed E-state index contributed by atoms with van der Waals surface area (Å²) >= 11 is 0. The van der Waals surface area contributed by atoms with Crippen molar-refractivity contribution in [2.45, 2.75) is 38.7 Å². The van der Waals surface area contributed by atoms with Crippen molar-refractivity contribution in [3.63, 3.8) is 0 Å². The number of halogens is 1. The molecule has 0 heterocycles. The summed E-state index contributed by atoms with van der Waals surface area (Å²) in [4.78, 5) is 21.1. The number of rotatable bonds is 4. The van der Waals surface area contributed by atoms with Crippen molar-refractivity contribution in [1.29, 1.82) is 0 Å². The molecule has 7 heteroatoms. The first-order chi connectivity index (χ1) is 9.88. The Morgan fingerprint density at radius 1 is 1.38 bits per heavy atom. The molecule has 1 fully saturated rings. The third-order valence-corrected chi connectivity index (χ3v) is 3.73. The van der Waals surface area contributed by atoms with Gasteiger partial charge < -0.3 is 9.84 Å². The van der Waals surface area contributed by atoms with Gasteiger partial charge in [-0.15, -0.1) is 0 Å². The summed E-state index contributed by atoms with van der Waals surface area (Å²) in [5.41, 5.74) is -1.17. The lowest BCUT2D eigenvalue weighted by Gasteiger charge is -2.26. The van der Waals surface area contributed by atoms with Gasteiger partial charge in [0, 0.05) is 6.07 Å². The summed E-state index contributed by atoms with van der Waals surface area (Å²) in [6.07, 6.45) is 3.19. The number of nitro groups is 1. The molecule has 0 saturated heterocycles. The van der Waals surface area contributed by atoms with Crippen molar-refractivity contribution in [3.05, 3.63) is 33.6 Å². The number of aromatic carboxylic acids is 1. The number of hydrogen-bond acceptors (Lipinski definition) is 4. The van der Waals surface area contributed by atoms with Crippen LogP contribution in [0.5, 0.6) is 5.75 Å². The standard InChI is InChI=1S/C14H16FNO5/c1-8-2-4-9(5-3-8)21-13-6-10(14(17)18)11(15)7-12(13)16(19)20/h6-9H,2-5H2,1H3,(H,17,18). The molecule has 0 aromatic heterocycles. The SMILES string of the molecule is CC1CCC(Oc2cc(C(=O)O)c(F)cc2[N+](=O)[O-])CC1. The lowest BCUT2D eigenvalue weighted by atomic mass is 9.89. The summed E-state index contributed by atoms with van der Waals surface area (Å²) in [6, 6.07) is 1.50. The zero-order valence-electron chi connectivity index (χ0n) is 11.5. The van der Waals surface area contributed by atoms with Gasteiger partial charge in [-0.3, -0.25) is 10.1 Å². The van der Waals surface area contributed by atoms with Gasteiger partial charge in [-0.1, -0.05) is 6.92 Å². The molecule has 0 aliphatic heterocycles. The average molecular weight is 297 g/mol. The Balaban J connectivity index is 2.29. The zero-order chi connectivity index (χ0) is 15.6. The van der Waals surface area contributed by atoms with Crippen LogP contribution in [0.2, 0.25) is 0 Å². The fourth-order valence-corrected chi connectivity index (χ4v) is 2.47. The molecule has 0 atom stereocenters. The van der Waals surface area contributed by atoms with Crippen LogP contribution < -0.4 is 4.74 Å². The predicted molar refractivity (Wildman–Crippen MR) is 72.1 cm³/mol. The molecule has 2 rings (SSSR count). The lowest BCUT2D eigenvalue weighted by molar-refractivity contribution is -0.386. The van der Waals surface area contributed by atoms with E-state index in [1.807, 2.05) is 0 Å². The van der Waals surface area contributed by atoms with E-state index in [0.29, 0.717) is 12.0 Å².